The molecule has 24 heavy (non-hydrogen) atoms. The molecule has 6 heteroatoms. The van der Waals surface area contributed by atoms with E-state index in [-0.39, 0.29) is 5.91 Å². The summed E-state index contributed by atoms with van der Waals surface area (Å²) in [6.45, 7) is 0. The van der Waals surface area contributed by atoms with Crippen molar-refractivity contribution in [3.8, 4) is 11.4 Å². The second-order valence-electron chi connectivity index (χ2n) is 5.90. The Labute approximate surface area is 140 Å². The van der Waals surface area contributed by atoms with Crippen molar-refractivity contribution in [1.29, 1.82) is 0 Å². The molecular weight excluding hydrogens is 306 g/mol. The number of benzene rings is 1. The van der Waals surface area contributed by atoms with Crippen LogP contribution in [-0.2, 0) is 9.53 Å². The molecule has 1 aromatic heterocycles. The Kier molecular flexibility index (Phi) is 4.55. The molecule has 0 unspecified atom stereocenters. The predicted octanol–water partition coefficient (Wildman–Crippen LogP) is 2.36. The van der Waals surface area contributed by atoms with Gasteiger partial charge in [-0.1, -0.05) is 43.2 Å². The van der Waals surface area contributed by atoms with E-state index in [1.54, 1.807) is 0 Å². The van der Waals surface area contributed by atoms with E-state index in [9.17, 15) is 9.59 Å². The highest BCUT2D eigenvalue weighted by Crippen LogP contribution is 2.31. The number of rotatable bonds is 4. The van der Waals surface area contributed by atoms with Crippen LogP contribution in [0.25, 0.3) is 11.4 Å². The molecule has 124 valence electrons. The summed E-state index contributed by atoms with van der Waals surface area (Å²) in [5.41, 5.74) is 0.278. The fourth-order valence-corrected chi connectivity index (χ4v) is 3.03. The zero-order valence-electron chi connectivity index (χ0n) is 13.5. The minimum atomic E-state index is -0.927. The van der Waals surface area contributed by atoms with Crippen LogP contribution in [0.2, 0.25) is 0 Å². The number of methoxy groups -OCH3 is 1. The molecule has 1 saturated carbocycles. The van der Waals surface area contributed by atoms with Crippen molar-refractivity contribution in [2.24, 2.45) is 0 Å². The van der Waals surface area contributed by atoms with Crippen LogP contribution >= 0.6 is 0 Å². The molecule has 0 saturated heterocycles. The third-order valence-corrected chi connectivity index (χ3v) is 4.33. The summed E-state index contributed by atoms with van der Waals surface area (Å²) < 4.78 is 4.87. The predicted molar refractivity (Wildman–Crippen MR) is 88.1 cm³/mol. The van der Waals surface area contributed by atoms with Crippen LogP contribution in [0.1, 0.15) is 36.0 Å². The van der Waals surface area contributed by atoms with Crippen LogP contribution in [0, 0.1) is 0 Å². The average Bonchev–Trinajstić information content (AvgIpc) is 3.11. The number of nitrogens with zero attached hydrogens (tertiary/aromatic N) is 2. The zero-order chi connectivity index (χ0) is 17.0. The van der Waals surface area contributed by atoms with E-state index in [0.717, 1.165) is 18.4 Å². The molecule has 1 amide bonds. The molecule has 1 N–H and O–H groups in total. The number of esters is 1. The summed E-state index contributed by atoms with van der Waals surface area (Å²) in [4.78, 5) is 33.0. The lowest BCUT2D eigenvalue weighted by molar-refractivity contribution is -0.148. The van der Waals surface area contributed by atoms with Gasteiger partial charge in [0.1, 0.15) is 5.54 Å². The normalized spacial score (nSPS) is 15.7. The highest BCUT2D eigenvalue weighted by molar-refractivity contribution is 5.98. The number of ether oxygens (including phenoxy) is 1. The number of carbonyl (C=O) groups excluding carboxylic acids is 2. The maximum Gasteiger partial charge on any atom is 0.331 e. The van der Waals surface area contributed by atoms with Gasteiger partial charge in [0.25, 0.3) is 5.91 Å². The molecule has 2 aromatic rings. The van der Waals surface area contributed by atoms with Gasteiger partial charge in [-0.2, -0.15) is 0 Å². The van der Waals surface area contributed by atoms with Gasteiger partial charge in [-0.3, -0.25) is 4.79 Å². The van der Waals surface area contributed by atoms with Gasteiger partial charge in [0.2, 0.25) is 0 Å². The molecular formula is C18H19N3O3. The Morgan fingerprint density at radius 3 is 2.29 bits per heavy atom. The van der Waals surface area contributed by atoms with Gasteiger partial charge in [0.05, 0.1) is 12.7 Å². The first-order valence-electron chi connectivity index (χ1n) is 7.93. The maximum absolute atomic E-state index is 12.5. The first-order valence-corrected chi connectivity index (χ1v) is 7.93. The van der Waals surface area contributed by atoms with Crippen molar-refractivity contribution >= 4 is 11.9 Å². The van der Waals surface area contributed by atoms with Crippen LogP contribution in [0.4, 0.5) is 0 Å². The fraction of sp³-hybridized carbons (Fsp3) is 0.333. The molecule has 0 spiro atoms. The van der Waals surface area contributed by atoms with Gasteiger partial charge in [-0.15, -0.1) is 0 Å². The Morgan fingerprint density at radius 1 is 1.08 bits per heavy atom. The smallest absolute Gasteiger partial charge is 0.331 e. The quantitative estimate of drug-likeness (QED) is 0.873. The molecule has 1 fully saturated rings. The van der Waals surface area contributed by atoms with Crippen LogP contribution < -0.4 is 5.32 Å². The fourth-order valence-electron chi connectivity index (χ4n) is 3.03. The molecule has 0 bridgehead atoms. The Bertz CT molecular complexity index is 723. The second kappa shape index (κ2) is 6.78. The molecule has 0 aliphatic heterocycles. The number of hydrogen-bond acceptors (Lipinski definition) is 5. The largest absolute Gasteiger partial charge is 0.467 e. The van der Waals surface area contributed by atoms with Crippen LogP contribution in [-0.4, -0.2) is 34.5 Å². The highest BCUT2D eigenvalue weighted by Gasteiger charge is 2.43. The van der Waals surface area contributed by atoms with E-state index in [4.69, 9.17) is 4.74 Å². The van der Waals surface area contributed by atoms with Gasteiger partial charge >= 0.3 is 5.97 Å². The minimum absolute atomic E-state index is 0.324. The molecule has 0 atom stereocenters. The van der Waals surface area contributed by atoms with E-state index in [0.29, 0.717) is 24.2 Å². The molecule has 0 radical (unpaired) electrons. The SMILES string of the molecule is COC(=O)C1(NC(=O)c2cnc(-c3ccccc3)nc2)CCCC1. The minimum Gasteiger partial charge on any atom is -0.467 e. The lowest BCUT2D eigenvalue weighted by atomic mass is 9.97. The van der Waals surface area contributed by atoms with E-state index < -0.39 is 11.5 Å². The number of aromatic nitrogens is 2. The standard InChI is InChI=1S/C18H19N3O3/c1-24-17(23)18(9-5-6-10-18)21-16(22)14-11-19-15(20-12-14)13-7-3-2-4-8-13/h2-4,7-8,11-12H,5-6,9-10H2,1H3,(H,21,22). The second-order valence-corrected chi connectivity index (χ2v) is 5.90. The van der Waals surface area contributed by atoms with Crippen LogP contribution in [0.15, 0.2) is 42.7 Å². The van der Waals surface area contributed by atoms with Gasteiger partial charge in [0, 0.05) is 18.0 Å². The molecule has 1 aliphatic rings. The van der Waals surface area contributed by atoms with Crippen molar-refractivity contribution in [2.75, 3.05) is 7.11 Å². The number of amides is 1. The van der Waals surface area contributed by atoms with Gasteiger partial charge < -0.3 is 10.1 Å². The van der Waals surface area contributed by atoms with E-state index in [2.05, 4.69) is 15.3 Å². The van der Waals surface area contributed by atoms with Crippen molar-refractivity contribution in [1.82, 2.24) is 15.3 Å². The number of nitrogens with one attached hydrogen (secondary N) is 1. The summed E-state index contributed by atoms with van der Waals surface area (Å²) in [6.07, 6.45) is 5.91. The molecule has 1 aromatic carbocycles. The Hall–Kier alpha value is -2.76. The van der Waals surface area contributed by atoms with Gasteiger partial charge in [-0.05, 0) is 12.8 Å². The first-order chi connectivity index (χ1) is 11.6. The van der Waals surface area contributed by atoms with E-state index in [1.807, 2.05) is 30.3 Å². The topological polar surface area (TPSA) is 81.2 Å². The summed E-state index contributed by atoms with van der Waals surface area (Å²) in [7, 11) is 1.34. The Balaban J connectivity index is 1.77. The third-order valence-electron chi connectivity index (χ3n) is 4.33. The number of hydrogen-bond donors (Lipinski definition) is 1. The number of carbonyl (C=O) groups is 2. The molecule has 1 heterocycles. The van der Waals surface area contributed by atoms with Crippen molar-refractivity contribution in [3.05, 3.63) is 48.3 Å². The lowest BCUT2D eigenvalue weighted by Crippen LogP contribution is -2.53. The summed E-state index contributed by atoms with van der Waals surface area (Å²) >= 11 is 0. The highest BCUT2D eigenvalue weighted by atomic mass is 16.5. The average molecular weight is 325 g/mol. The molecule has 6 nitrogen and oxygen atoms in total. The summed E-state index contributed by atoms with van der Waals surface area (Å²) in [6, 6.07) is 9.53. The molecule has 1 aliphatic carbocycles. The monoisotopic (exact) mass is 325 g/mol. The van der Waals surface area contributed by atoms with Crippen molar-refractivity contribution < 1.29 is 14.3 Å². The zero-order valence-corrected chi connectivity index (χ0v) is 13.5. The van der Waals surface area contributed by atoms with Crippen molar-refractivity contribution in [2.45, 2.75) is 31.2 Å². The Morgan fingerprint density at radius 2 is 1.71 bits per heavy atom. The first kappa shape index (κ1) is 16.1. The summed E-state index contributed by atoms with van der Waals surface area (Å²) in [5, 5.41) is 2.83. The molecule has 3 rings (SSSR count). The lowest BCUT2D eigenvalue weighted by Gasteiger charge is -2.27. The van der Waals surface area contributed by atoms with Crippen LogP contribution in [0.3, 0.4) is 0 Å². The van der Waals surface area contributed by atoms with E-state index in [1.165, 1.54) is 19.5 Å². The van der Waals surface area contributed by atoms with Gasteiger partial charge in [0.15, 0.2) is 5.82 Å². The van der Waals surface area contributed by atoms with E-state index >= 15 is 0 Å². The van der Waals surface area contributed by atoms with Crippen LogP contribution in [0.5, 0.6) is 0 Å². The summed E-state index contributed by atoms with van der Waals surface area (Å²) in [5.74, 6) is -0.201. The van der Waals surface area contributed by atoms with Crippen molar-refractivity contribution in [3.63, 3.8) is 0 Å². The maximum atomic E-state index is 12.5. The third kappa shape index (κ3) is 3.13. The van der Waals surface area contributed by atoms with Gasteiger partial charge in [-0.25, -0.2) is 14.8 Å².